The second kappa shape index (κ2) is 7.29. The van der Waals surface area contributed by atoms with E-state index in [1.54, 1.807) is 36.4 Å². The summed E-state index contributed by atoms with van der Waals surface area (Å²) in [5.41, 5.74) is 0.728. The van der Waals surface area contributed by atoms with Crippen LogP contribution < -0.4 is 10.1 Å². The summed E-state index contributed by atoms with van der Waals surface area (Å²) in [6, 6.07) is 9.91. The third-order valence-corrected chi connectivity index (χ3v) is 3.04. The molecule has 0 bridgehead atoms. The van der Waals surface area contributed by atoms with Gasteiger partial charge < -0.3 is 10.1 Å². The second-order valence-electron chi connectivity index (χ2n) is 4.29. The molecule has 6 heteroatoms. The number of amides is 1. The third-order valence-electron chi connectivity index (χ3n) is 2.60. The Labute approximate surface area is 133 Å². The van der Waals surface area contributed by atoms with Gasteiger partial charge in [0.05, 0.1) is 12.3 Å². The molecule has 0 fully saturated rings. The molecule has 0 spiro atoms. The first-order chi connectivity index (χ1) is 10.1. The van der Waals surface area contributed by atoms with Crippen LogP contribution in [0, 0.1) is 0 Å². The average Bonchev–Trinajstić information content (AvgIpc) is 2.46. The van der Waals surface area contributed by atoms with E-state index < -0.39 is 0 Å². The van der Waals surface area contributed by atoms with E-state index in [-0.39, 0.29) is 16.8 Å². The maximum atomic E-state index is 12.2. The zero-order valence-electron chi connectivity index (χ0n) is 11.4. The number of aromatic nitrogens is 1. The first kappa shape index (κ1) is 15.6. The Morgan fingerprint density at radius 1 is 1.29 bits per heavy atom. The topological polar surface area (TPSA) is 51.2 Å². The van der Waals surface area contributed by atoms with Gasteiger partial charge in [0.1, 0.15) is 16.6 Å². The number of pyridine rings is 1. The van der Waals surface area contributed by atoms with Crippen molar-refractivity contribution in [2.24, 2.45) is 0 Å². The van der Waals surface area contributed by atoms with E-state index in [9.17, 15) is 4.79 Å². The van der Waals surface area contributed by atoms with E-state index in [0.29, 0.717) is 23.1 Å². The van der Waals surface area contributed by atoms with Gasteiger partial charge in [-0.1, -0.05) is 36.2 Å². The highest BCUT2D eigenvalue weighted by Crippen LogP contribution is 2.28. The van der Waals surface area contributed by atoms with Crippen molar-refractivity contribution in [2.75, 3.05) is 11.9 Å². The summed E-state index contributed by atoms with van der Waals surface area (Å²) in [6.45, 7) is 2.56. The van der Waals surface area contributed by atoms with Crippen molar-refractivity contribution in [2.45, 2.75) is 13.3 Å². The van der Waals surface area contributed by atoms with Crippen molar-refractivity contribution in [1.82, 2.24) is 4.98 Å². The van der Waals surface area contributed by atoms with Gasteiger partial charge in [-0.15, -0.1) is 0 Å². The van der Waals surface area contributed by atoms with E-state index in [0.717, 1.165) is 6.42 Å². The van der Waals surface area contributed by atoms with Crippen LogP contribution in [0.1, 0.15) is 23.8 Å². The number of carbonyl (C=O) groups is 1. The molecule has 1 aromatic heterocycles. The molecule has 0 aliphatic rings. The fourth-order valence-electron chi connectivity index (χ4n) is 1.66. The van der Waals surface area contributed by atoms with Crippen LogP contribution in [-0.2, 0) is 0 Å². The molecule has 1 heterocycles. The number of carbonyl (C=O) groups excluding carboxylic acids is 1. The van der Waals surface area contributed by atoms with Crippen LogP contribution in [0.25, 0.3) is 0 Å². The van der Waals surface area contributed by atoms with Gasteiger partial charge in [-0.05, 0) is 36.8 Å². The Morgan fingerprint density at radius 3 is 2.81 bits per heavy atom. The van der Waals surface area contributed by atoms with E-state index in [1.165, 1.54) is 0 Å². The van der Waals surface area contributed by atoms with Gasteiger partial charge in [0, 0.05) is 5.02 Å². The predicted octanol–water partition coefficient (Wildman–Crippen LogP) is 4.43. The van der Waals surface area contributed by atoms with E-state index in [1.807, 2.05) is 6.92 Å². The lowest BCUT2D eigenvalue weighted by molar-refractivity contribution is 0.102. The maximum absolute atomic E-state index is 12.2. The molecule has 0 radical (unpaired) electrons. The lowest BCUT2D eigenvalue weighted by atomic mass is 10.2. The Balaban J connectivity index is 2.21. The van der Waals surface area contributed by atoms with Gasteiger partial charge in [0.15, 0.2) is 0 Å². The van der Waals surface area contributed by atoms with Crippen LogP contribution >= 0.6 is 23.2 Å². The molecule has 2 rings (SSSR count). The van der Waals surface area contributed by atoms with Gasteiger partial charge in [-0.2, -0.15) is 0 Å². The normalized spacial score (nSPS) is 10.2. The number of anilines is 1. The van der Waals surface area contributed by atoms with Crippen LogP contribution in [0.15, 0.2) is 36.4 Å². The predicted molar refractivity (Wildman–Crippen MR) is 84.4 cm³/mol. The molecule has 0 aliphatic heterocycles. The highest BCUT2D eigenvalue weighted by Gasteiger charge is 2.12. The van der Waals surface area contributed by atoms with Crippen molar-refractivity contribution in [3.8, 4) is 5.75 Å². The molecule has 1 aromatic carbocycles. The lowest BCUT2D eigenvalue weighted by Gasteiger charge is -2.12. The first-order valence-electron chi connectivity index (χ1n) is 6.46. The zero-order valence-corrected chi connectivity index (χ0v) is 12.9. The molecule has 0 atom stereocenters. The smallest absolute Gasteiger partial charge is 0.274 e. The molecule has 0 unspecified atom stereocenters. The molecular weight excluding hydrogens is 311 g/mol. The number of hydrogen-bond donors (Lipinski definition) is 1. The van der Waals surface area contributed by atoms with E-state index >= 15 is 0 Å². The van der Waals surface area contributed by atoms with Gasteiger partial charge in [0.25, 0.3) is 5.91 Å². The SMILES string of the molecule is CCCOc1ccc(Cl)cc1NC(=O)c1cccc(Cl)n1. The molecule has 0 aliphatic carbocycles. The van der Waals surface area contributed by atoms with Crippen molar-refractivity contribution in [3.63, 3.8) is 0 Å². The zero-order chi connectivity index (χ0) is 15.2. The summed E-state index contributed by atoms with van der Waals surface area (Å²) in [6.07, 6.45) is 0.867. The van der Waals surface area contributed by atoms with Crippen LogP contribution in [-0.4, -0.2) is 17.5 Å². The van der Waals surface area contributed by atoms with Crippen LogP contribution in [0.3, 0.4) is 0 Å². The fraction of sp³-hybridized carbons (Fsp3) is 0.200. The minimum atomic E-state index is -0.374. The minimum Gasteiger partial charge on any atom is -0.491 e. The number of ether oxygens (including phenoxy) is 1. The molecule has 1 N–H and O–H groups in total. The van der Waals surface area contributed by atoms with Gasteiger partial charge in [-0.25, -0.2) is 4.98 Å². The molecule has 2 aromatic rings. The monoisotopic (exact) mass is 324 g/mol. The summed E-state index contributed by atoms with van der Waals surface area (Å²) in [5.74, 6) is 0.192. The highest BCUT2D eigenvalue weighted by molar-refractivity contribution is 6.31. The van der Waals surface area contributed by atoms with Crippen LogP contribution in [0.2, 0.25) is 10.2 Å². The van der Waals surface area contributed by atoms with Crippen molar-refractivity contribution in [1.29, 1.82) is 0 Å². The van der Waals surface area contributed by atoms with E-state index in [2.05, 4.69) is 10.3 Å². The summed E-state index contributed by atoms with van der Waals surface area (Å²) < 4.78 is 5.58. The number of rotatable bonds is 5. The first-order valence-corrected chi connectivity index (χ1v) is 7.22. The van der Waals surface area contributed by atoms with Crippen molar-refractivity contribution >= 4 is 34.8 Å². The van der Waals surface area contributed by atoms with Gasteiger partial charge in [0.2, 0.25) is 0 Å². The Morgan fingerprint density at radius 2 is 2.10 bits per heavy atom. The number of hydrogen-bond acceptors (Lipinski definition) is 3. The third kappa shape index (κ3) is 4.34. The molecule has 0 saturated carbocycles. The number of nitrogens with one attached hydrogen (secondary N) is 1. The lowest BCUT2D eigenvalue weighted by Crippen LogP contribution is -2.14. The van der Waals surface area contributed by atoms with Gasteiger partial charge in [-0.3, -0.25) is 4.79 Å². The highest BCUT2D eigenvalue weighted by atomic mass is 35.5. The van der Waals surface area contributed by atoms with Gasteiger partial charge >= 0.3 is 0 Å². The molecule has 110 valence electrons. The molecule has 1 amide bonds. The number of nitrogens with zero attached hydrogens (tertiary/aromatic N) is 1. The molecule has 4 nitrogen and oxygen atoms in total. The molecule has 21 heavy (non-hydrogen) atoms. The second-order valence-corrected chi connectivity index (χ2v) is 5.11. The fourth-order valence-corrected chi connectivity index (χ4v) is 1.99. The summed E-state index contributed by atoms with van der Waals surface area (Å²) in [5, 5.41) is 3.50. The Hall–Kier alpha value is -1.78. The van der Waals surface area contributed by atoms with E-state index in [4.69, 9.17) is 27.9 Å². The molecule has 0 saturated heterocycles. The van der Waals surface area contributed by atoms with Crippen LogP contribution in [0.5, 0.6) is 5.75 Å². The maximum Gasteiger partial charge on any atom is 0.274 e. The Kier molecular flexibility index (Phi) is 5.42. The standard InChI is InChI=1S/C15H14Cl2N2O2/c1-2-8-21-13-7-6-10(16)9-12(13)19-15(20)11-4-3-5-14(17)18-11/h3-7,9H,2,8H2,1H3,(H,19,20). The average molecular weight is 325 g/mol. The Bertz CT molecular complexity index is 647. The molecular formula is C15H14Cl2N2O2. The van der Waals surface area contributed by atoms with Crippen molar-refractivity contribution < 1.29 is 9.53 Å². The number of benzene rings is 1. The summed E-state index contributed by atoms with van der Waals surface area (Å²) >= 11 is 11.7. The quantitative estimate of drug-likeness (QED) is 0.828. The summed E-state index contributed by atoms with van der Waals surface area (Å²) in [7, 11) is 0. The largest absolute Gasteiger partial charge is 0.491 e. The van der Waals surface area contributed by atoms with Crippen molar-refractivity contribution in [3.05, 3.63) is 52.3 Å². The number of halogens is 2. The minimum absolute atomic E-state index is 0.226. The van der Waals surface area contributed by atoms with Crippen LogP contribution in [0.4, 0.5) is 5.69 Å². The summed E-state index contributed by atoms with van der Waals surface area (Å²) in [4.78, 5) is 16.1.